The third-order valence-electron chi connectivity index (χ3n) is 2.57. The van der Waals surface area contributed by atoms with Crippen molar-refractivity contribution >= 4 is 22.4 Å². The second-order valence-electron chi connectivity index (χ2n) is 3.72. The second-order valence-corrected chi connectivity index (χ2v) is 4.10. The first-order valence-corrected chi connectivity index (χ1v) is 5.89. The zero-order valence-corrected chi connectivity index (χ0v) is 10.0. The molecule has 0 unspecified atom stereocenters. The number of aryl methyl sites for hydroxylation is 1. The maximum absolute atomic E-state index is 5.62. The molecule has 0 saturated carbocycles. The van der Waals surface area contributed by atoms with E-state index in [1.54, 1.807) is 0 Å². The minimum Gasteiger partial charge on any atom is -0.126 e. The maximum atomic E-state index is 5.62. The highest BCUT2D eigenvalue weighted by molar-refractivity contribution is 6.18. The zero-order chi connectivity index (χ0) is 11.4. The van der Waals surface area contributed by atoms with E-state index in [1.165, 1.54) is 16.3 Å². The summed E-state index contributed by atoms with van der Waals surface area (Å²) in [5.74, 6) is 6.92. The number of benzene rings is 2. The lowest BCUT2D eigenvalue weighted by molar-refractivity contribution is 1.29. The number of rotatable bonds is 1. The number of hydrogen-bond acceptors (Lipinski definition) is 0. The van der Waals surface area contributed by atoms with Gasteiger partial charge < -0.3 is 0 Å². The highest BCUT2D eigenvalue weighted by atomic mass is 35.5. The summed E-state index contributed by atoms with van der Waals surface area (Å²) in [5.41, 5.74) is 2.35. The van der Waals surface area contributed by atoms with Crippen molar-refractivity contribution in [1.29, 1.82) is 0 Å². The van der Waals surface area contributed by atoms with E-state index in [-0.39, 0.29) is 0 Å². The van der Waals surface area contributed by atoms with E-state index in [9.17, 15) is 0 Å². The largest absolute Gasteiger partial charge is 0.126 e. The molecule has 2 aromatic carbocycles. The van der Waals surface area contributed by atoms with Gasteiger partial charge in [0.25, 0.3) is 0 Å². The summed E-state index contributed by atoms with van der Waals surface area (Å²) in [4.78, 5) is 0. The van der Waals surface area contributed by atoms with Gasteiger partial charge in [-0.05, 0) is 23.3 Å². The van der Waals surface area contributed by atoms with Crippen LogP contribution in [0.25, 0.3) is 10.8 Å². The summed E-state index contributed by atoms with van der Waals surface area (Å²) in [5, 5.41) is 2.47. The van der Waals surface area contributed by atoms with E-state index >= 15 is 0 Å². The number of halogens is 1. The van der Waals surface area contributed by atoms with Crippen molar-refractivity contribution < 1.29 is 0 Å². The molecule has 0 aromatic heterocycles. The summed E-state index contributed by atoms with van der Waals surface area (Å²) in [6.07, 6.45) is 0.740. The minimum atomic E-state index is 0.594. The third kappa shape index (κ3) is 2.21. The third-order valence-corrected chi connectivity index (χ3v) is 2.76. The predicted molar refractivity (Wildman–Crippen MR) is 70.9 cm³/mol. The Morgan fingerprint density at radius 3 is 2.75 bits per heavy atom. The minimum absolute atomic E-state index is 0.594. The lowest BCUT2D eigenvalue weighted by Gasteiger charge is -2.03. The molecule has 0 heterocycles. The zero-order valence-electron chi connectivity index (χ0n) is 9.26. The molecule has 2 rings (SSSR count). The smallest absolute Gasteiger partial charge is 0.0352 e. The molecule has 0 fully saturated rings. The van der Waals surface area contributed by atoms with Gasteiger partial charge in [0, 0.05) is 17.9 Å². The SMILES string of the molecule is Cc1ccc2ccccc2c1C#CCCCl. The Bertz CT molecular complexity index is 558. The molecule has 2 aromatic rings. The van der Waals surface area contributed by atoms with Gasteiger partial charge in [-0.3, -0.25) is 0 Å². The molecule has 0 aliphatic heterocycles. The van der Waals surface area contributed by atoms with Crippen LogP contribution in [0.3, 0.4) is 0 Å². The van der Waals surface area contributed by atoms with Crippen LogP contribution in [0.5, 0.6) is 0 Å². The second kappa shape index (κ2) is 5.05. The molecule has 16 heavy (non-hydrogen) atoms. The first-order valence-electron chi connectivity index (χ1n) is 5.36. The number of fused-ring (bicyclic) bond motifs is 1. The van der Waals surface area contributed by atoms with Gasteiger partial charge in [0.15, 0.2) is 0 Å². The van der Waals surface area contributed by atoms with Crippen LogP contribution in [0.2, 0.25) is 0 Å². The van der Waals surface area contributed by atoms with Gasteiger partial charge in [0.05, 0.1) is 0 Å². The van der Waals surface area contributed by atoms with Gasteiger partial charge in [0.1, 0.15) is 0 Å². The van der Waals surface area contributed by atoms with E-state index in [2.05, 4.69) is 49.1 Å². The summed E-state index contributed by atoms with van der Waals surface area (Å²) in [7, 11) is 0. The van der Waals surface area contributed by atoms with Crippen LogP contribution >= 0.6 is 11.6 Å². The summed E-state index contributed by atoms with van der Waals surface area (Å²) >= 11 is 5.62. The average molecular weight is 229 g/mol. The van der Waals surface area contributed by atoms with Crippen molar-refractivity contribution in [3.05, 3.63) is 47.5 Å². The van der Waals surface area contributed by atoms with Crippen LogP contribution in [0, 0.1) is 18.8 Å². The Morgan fingerprint density at radius 1 is 1.12 bits per heavy atom. The molecule has 0 aliphatic rings. The van der Waals surface area contributed by atoms with Gasteiger partial charge in [-0.15, -0.1) is 11.6 Å². The first-order chi connectivity index (χ1) is 7.83. The van der Waals surface area contributed by atoms with Crippen molar-refractivity contribution in [2.24, 2.45) is 0 Å². The normalized spacial score (nSPS) is 9.88. The monoisotopic (exact) mass is 228 g/mol. The predicted octanol–water partition coefficient (Wildman–Crippen LogP) is 4.13. The van der Waals surface area contributed by atoms with Crippen LogP contribution in [0.15, 0.2) is 36.4 Å². The maximum Gasteiger partial charge on any atom is 0.0352 e. The van der Waals surface area contributed by atoms with Crippen molar-refractivity contribution in [3.8, 4) is 11.8 Å². The molecule has 0 spiro atoms. The van der Waals surface area contributed by atoms with Gasteiger partial charge in [-0.25, -0.2) is 0 Å². The molecule has 0 radical (unpaired) electrons. The highest BCUT2D eigenvalue weighted by Gasteiger charge is 2.00. The molecule has 0 N–H and O–H groups in total. The Morgan fingerprint density at radius 2 is 1.94 bits per heavy atom. The molecule has 80 valence electrons. The van der Waals surface area contributed by atoms with Gasteiger partial charge in [0.2, 0.25) is 0 Å². The van der Waals surface area contributed by atoms with Gasteiger partial charge >= 0.3 is 0 Å². The Labute approximate surface area is 101 Å². The van der Waals surface area contributed by atoms with Crippen molar-refractivity contribution in [3.63, 3.8) is 0 Å². The first kappa shape index (κ1) is 11.0. The molecule has 0 amide bonds. The van der Waals surface area contributed by atoms with Crippen molar-refractivity contribution in [2.45, 2.75) is 13.3 Å². The van der Waals surface area contributed by atoms with E-state index in [4.69, 9.17) is 11.6 Å². The average Bonchev–Trinajstić information content (AvgIpc) is 2.32. The highest BCUT2D eigenvalue weighted by Crippen LogP contribution is 2.21. The Hall–Kier alpha value is -1.45. The van der Waals surface area contributed by atoms with Crippen LogP contribution in [0.1, 0.15) is 17.5 Å². The lowest BCUT2D eigenvalue weighted by atomic mass is 10.00. The summed E-state index contributed by atoms with van der Waals surface area (Å²) in [6.45, 7) is 2.09. The molecule has 0 aliphatic carbocycles. The Balaban J connectivity index is 2.58. The van der Waals surface area contributed by atoms with E-state index in [0.29, 0.717) is 5.88 Å². The topological polar surface area (TPSA) is 0 Å². The van der Waals surface area contributed by atoms with Crippen LogP contribution in [0.4, 0.5) is 0 Å². The molecule has 0 saturated heterocycles. The quantitative estimate of drug-likeness (QED) is 0.509. The van der Waals surface area contributed by atoms with E-state index in [0.717, 1.165) is 12.0 Å². The van der Waals surface area contributed by atoms with E-state index < -0.39 is 0 Å². The lowest BCUT2D eigenvalue weighted by Crippen LogP contribution is -1.85. The Kier molecular flexibility index (Phi) is 3.49. The van der Waals surface area contributed by atoms with Crippen molar-refractivity contribution in [2.75, 3.05) is 5.88 Å². The van der Waals surface area contributed by atoms with Gasteiger partial charge in [-0.2, -0.15) is 0 Å². The van der Waals surface area contributed by atoms with Crippen molar-refractivity contribution in [1.82, 2.24) is 0 Å². The van der Waals surface area contributed by atoms with Gasteiger partial charge in [-0.1, -0.05) is 48.2 Å². The standard InChI is InChI=1S/C15H13Cl/c1-12-9-10-13-6-2-3-8-15(13)14(12)7-4-5-11-16/h2-3,6,8-10H,5,11H2,1H3. The summed E-state index contributed by atoms with van der Waals surface area (Å²) < 4.78 is 0. The van der Waals surface area contributed by atoms with E-state index in [1.807, 2.05) is 6.07 Å². The molecule has 0 nitrogen and oxygen atoms in total. The number of alkyl halides is 1. The van der Waals surface area contributed by atoms with Crippen LogP contribution < -0.4 is 0 Å². The number of hydrogen-bond donors (Lipinski definition) is 0. The van der Waals surface area contributed by atoms with Crippen LogP contribution in [-0.4, -0.2) is 5.88 Å². The fourth-order valence-corrected chi connectivity index (χ4v) is 1.84. The molecule has 0 bridgehead atoms. The molecule has 0 atom stereocenters. The van der Waals surface area contributed by atoms with Crippen LogP contribution in [-0.2, 0) is 0 Å². The molecular formula is C15H13Cl. The fourth-order valence-electron chi connectivity index (χ4n) is 1.74. The molecule has 1 heteroatoms. The summed E-state index contributed by atoms with van der Waals surface area (Å²) in [6, 6.07) is 12.6. The molecular weight excluding hydrogens is 216 g/mol. The fraction of sp³-hybridized carbons (Fsp3) is 0.200.